The van der Waals surface area contributed by atoms with E-state index in [4.69, 9.17) is 13.9 Å². The van der Waals surface area contributed by atoms with Crippen LogP contribution in [-0.4, -0.2) is 43.2 Å². The zero-order valence-electron chi connectivity index (χ0n) is 24.5. The maximum atomic E-state index is 12.6. The second-order valence-corrected chi connectivity index (χ2v) is 13.5. The molecule has 1 aromatic heterocycles. The maximum Gasteiger partial charge on any atom is 0.516 e. The van der Waals surface area contributed by atoms with Gasteiger partial charge in [-0.1, -0.05) is 41.5 Å². The molecule has 42 heavy (non-hydrogen) atoms. The zero-order valence-corrected chi connectivity index (χ0v) is 25.3. The van der Waals surface area contributed by atoms with Crippen molar-refractivity contribution in [3.05, 3.63) is 59.0 Å². The van der Waals surface area contributed by atoms with Crippen LogP contribution in [0.5, 0.6) is 11.5 Å². The van der Waals surface area contributed by atoms with Crippen molar-refractivity contribution < 1.29 is 45.4 Å². The molecule has 2 N–H and O–H groups in total. The maximum absolute atomic E-state index is 12.6. The summed E-state index contributed by atoms with van der Waals surface area (Å²) in [5.74, 6) is 0.732. The second-order valence-electron chi connectivity index (χ2n) is 11.8. The van der Waals surface area contributed by atoms with Gasteiger partial charge in [0.05, 0.1) is 12.3 Å². The fourth-order valence-electron chi connectivity index (χ4n) is 4.04. The topological polar surface area (TPSA) is 128 Å². The van der Waals surface area contributed by atoms with Gasteiger partial charge in [-0.25, -0.2) is 9.78 Å². The van der Waals surface area contributed by atoms with Crippen LogP contribution in [0.25, 0.3) is 11.5 Å². The van der Waals surface area contributed by atoms with Crippen molar-refractivity contribution in [1.82, 2.24) is 4.98 Å². The van der Waals surface area contributed by atoms with Gasteiger partial charge in [0.25, 0.3) is 0 Å². The number of sulfonamides is 1. The van der Waals surface area contributed by atoms with E-state index in [1.165, 1.54) is 29.0 Å². The molecule has 0 fully saturated rings. The van der Waals surface area contributed by atoms with E-state index in [0.717, 1.165) is 11.1 Å². The van der Waals surface area contributed by atoms with Gasteiger partial charge in [-0.2, -0.15) is 21.6 Å². The SMILES string of the molecule is Cc1oc(-c2cc(C(C)(C)C)c(OCC(=O)O)c(C(C)(C)C)c2)nc1CCOc1ccc(NS(=O)(=O)C(F)(F)F)cc1. The lowest BCUT2D eigenvalue weighted by molar-refractivity contribution is -0.139. The number of ether oxygens (including phenoxy) is 2. The van der Waals surface area contributed by atoms with Crippen molar-refractivity contribution in [3.8, 4) is 23.0 Å². The zero-order chi connectivity index (χ0) is 31.7. The number of benzene rings is 2. The summed E-state index contributed by atoms with van der Waals surface area (Å²) < 4.78 is 79.2. The average molecular weight is 613 g/mol. The Hall–Kier alpha value is -3.74. The van der Waals surface area contributed by atoms with E-state index in [1.807, 2.05) is 53.7 Å². The molecular weight excluding hydrogens is 577 g/mol. The first-order valence-corrected chi connectivity index (χ1v) is 14.5. The van der Waals surface area contributed by atoms with Gasteiger partial charge in [-0.3, -0.25) is 4.72 Å². The number of aliphatic carboxylic acids is 1. The number of aromatic nitrogens is 1. The summed E-state index contributed by atoms with van der Waals surface area (Å²) >= 11 is 0. The summed E-state index contributed by atoms with van der Waals surface area (Å²) in [7, 11) is -5.51. The number of carboxylic acids is 1. The van der Waals surface area contributed by atoms with Crippen LogP contribution in [0.3, 0.4) is 0 Å². The number of carboxylic acid groups (broad SMARTS) is 1. The molecule has 3 rings (SSSR count). The molecule has 0 aliphatic carbocycles. The number of carbonyl (C=O) groups is 1. The van der Waals surface area contributed by atoms with E-state index in [9.17, 15) is 31.5 Å². The number of hydrogen-bond acceptors (Lipinski definition) is 7. The van der Waals surface area contributed by atoms with Crippen molar-refractivity contribution in [1.29, 1.82) is 0 Å². The van der Waals surface area contributed by atoms with Gasteiger partial charge in [0, 0.05) is 28.8 Å². The Balaban J connectivity index is 1.81. The summed E-state index contributed by atoms with van der Waals surface area (Å²) in [5.41, 5.74) is -3.47. The predicted octanol–water partition coefficient (Wildman–Crippen LogP) is 6.59. The number of oxazole rings is 1. The highest BCUT2D eigenvalue weighted by atomic mass is 32.2. The molecule has 0 radical (unpaired) electrons. The molecule has 0 amide bonds. The smallest absolute Gasteiger partial charge is 0.493 e. The lowest BCUT2D eigenvalue weighted by atomic mass is 9.78. The number of anilines is 1. The average Bonchev–Trinajstić information content (AvgIpc) is 3.21. The van der Waals surface area contributed by atoms with Gasteiger partial charge < -0.3 is 19.0 Å². The Morgan fingerprint density at radius 1 is 0.976 bits per heavy atom. The summed E-state index contributed by atoms with van der Waals surface area (Å²) in [5, 5.41) is 9.23. The quantitative estimate of drug-likeness (QED) is 0.262. The molecule has 0 aliphatic heterocycles. The molecule has 0 atom stereocenters. The Morgan fingerprint density at radius 3 is 2.00 bits per heavy atom. The largest absolute Gasteiger partial charge is 0.516 e. The van der Waals surface area contributed by atoms with Crippen LogP contribution in [0.4, 0.5) is 18.9 Å². The van der Waals surface area contributed by atoms with E-state index in [0.29, 0.717) is 40.8 Å². The first kappa shape index (κ1) is 32.8. The van der Waals surface area contributed by atoms with E-state index in [-0.39, 0.29) is 23.1 Å². The molecule has 9 nitrogen and oxygen atoms in total. The second kappa shape index (κ2) is 11.9. The third-order valence-electron chi connectivity index (χ3n) is 6.20. The van der Waals surface area contributed by atoms with E-state index >= 15 is 0 Å². The standard InChI is InChI=1S/C29H35F3N2O7S/c1-17-23(12-13-39-20-10-8-19(9-11-20)34-42(37,38)29(30,31)32)33-26(41-17)18-14-21(27(2,3)4)25(40-16-24(35)36)22(15-18)28(5,6)7/h8-11,14-15,34H,12-13,16H2,1-7H3,(H,35,36). The normalized spacial score (nSPS) is 12.7. The molecule has 0 spiro atoms. The fraction of sp³-hybridized carbons (Fsp3) is 0.448. The number of nitrogens with one attached hydrogen (secondary N) is 1. The van der Waals surface area contributed by atoms with Gasteiger partial charge >= 0.3 is 21.5 Å². The van der Waals surface area contributed by atoms with Gasteiger partial charge in [-0.05, 0) is 54.2 Å². The van der Waals surface area contributed by atoms with Gasteiger partial charge in [-0.15, -0.1) is 0 Å². The van der Waals surface area contributed by atoms with Crippen LogP contribution in [0.1, 0.15) is 64.1 Å². The molecule has 0 aliphatic rings. The van der Waals surface area contributed by atoms with Gasteiger partial charge in [0.15, 0.2) is 6.61 Å². The molecule has 0 bridgehead atoms. The number of halogens is 3. The molecule has 0 saturated heterocycles. The van der Waals surface area contributed by atoms with Crippen LogP contribution >= 0.6 is 0 Å². The molecule has 2 aromatic carbocycles. The summed E-state index contributed by atoms with van der Waals surface area (Å²) in [6.07, 6.45) is 0.357. The highest BCUT2D eigenvalue weighted by Gasteiger charge is 2.46. The summed E-state index contributed by atoms with van der Waals surface area (Å²) in [6, 6.07) is 8.83. The van der Waals surface area contributed by atoms with E-state index in [2.05, 4.69) is 4.98 Å². The Bertz CT molecular complexity index is 1500. The predicted molar refractivity (Wildman–Crippen MR) is 151 cm³/mol. The first-order valence-electron chi connectivity index (χ1n) is 13.0. The van der Waals surface area contributed by atoms with Crippen molar-refractivity contribution >= 4 is 21.7 Å². The molecule has 13 heteroatoms. The van der Waals surface area contributed by atoms with E-state index < -0.39 is 28.1 Å². The van der Waals surface area contributed by atoms with Gasteiger partial charge in [0.2, 0.25) is 5.89 Å². The first-order chi connectivity index (χ1) is 19.2. The third kappa shape index (κ3) is 7.96. The molecule has 0 saturated carbocycles. The lowest BCUT2D eigenvalue weighted by Crippen LogP contribution is -2.29. The van der Waals surface area contributed by atoms with Crippen LogP contribution in [0, 0.1) is 6.92 Å². The molecule has 1 heterocycles. The van der Waals surface area contributed by atoms with Crippen LogP contribution in [0.2, 0.25) is 0 Å². The molecule has 3 aromatic rings. The van der Waals surface area contributed by atoms with E-state index in [1.54, 1.807) is 6.92 Å². The number of hydrogen-bond donors (Lipinski definition) is 2. The van der Waals surface area contributed by atoms with Crippen LogP contribution < -0.4 is 14.2 Å². The molecule has 0 unspecified atom stereocenters. The minimum absolute atomic E-state index is 0.170. The monoisotopic (exact) mass is 612 g/mol. The van der Waals surface area contributed by atoms with Crippen molar-refractivity contribution in [2.75, 3.05) is 17.9 Å². The number of aryl methyl sites for hydroxylation is 1. The van der Waals surface area contributed by atoms with Crippen LogP contribution in [0.15, 0.2) is 40.8 Å². The van der Waals surface area contributed by atoms with Crippen molar-refractivity contribution in [2.45, 2.75) is 71.2 Å². The molecule has 230 valence electrons. The summed E-state index contributed by atoms with van der Waals surface area (Å²) in [6.45, 7) is 13.5. The highest BCUT2D eigenvalue weighted by Crippen LogP contribution is 2.43. The minimum Gasteiger partial charge on any atom is -0.493 e. The number of rotatable bonds is 10. The third-order valence-corrected chi connectivity index (χ3v) is 7.32. The minimum atomic E-state index is -5.51. The fourth-order valence-corrected chi connectivity index (χ4v) is 4.60. The molecular formula is C29H35F3N2O7S. The van der Waals surface area contributed by atoms with Crippen LogP contribution in [-0.2, 0) is 32.1 Å². The highest BCUT2D eigenvalue weighted by molar-refractivity contribution is 7.93. The number of alkyl halides is 3. The Morgan fingerprint density at radius 2 is 1.52 bits per heavy atom. The number of nitrogens with zero attached hydrogens (tertiary/aromatic N) is 1. The Labute approximate surface area is 243 Å². The lowest BCUT2D eigenvalue weighted by Gasteiger charge is -2.30. The van der Waals surface area contributed by atoms with Gasteiger partial charge in [0.1, 0.15) is 17.3 Å². The van der Waals surface area contributed by atoms with Crippen molar-refractivity contribution in [3.63, 3.8) is 0 Å². The summed E-state index contributed by atoms with van der Waals surface area (Å²) in [4.78, 5) is 15.9. The Kier molecular flexibility index (Phi) is 9.26. The van der Waals surface area contributed by atoms with Crippen molar-refractivity contribution in [2.24, 2.45) is 0 Å².